The fourth-order valence-corrected chi connectivity index (χ4v) is 2.81. The molecular formula is C16H10Cl2FN3O. The lowest BCUT2D eigenvalue weighted by atomic mass is 9.97. The van der Waals surface area contributed by atoms with Gasteiger partial charge in [-0.2, -0.15) is 5.10 Å². The Labute approximate surface area is 140 Å². The van der Waals surface area contributed by atoms with Gasteiger partial charge in [0.2, 0.25) is 0 Å². The molecule has 0 unspecified atom stereocenters. The molecule has 0 atom stereocenters. The fraction of sp³-hybridized carbons (Fsp3) is 0.0625. The SMILES string of the molecule is Cc1n[nH]c(=O)c(-c2ncc(Cl)cc2Cl)c1-c1ccc(F)cc1. The molecule has 0 fully saturated rings. The number of hydrogen-bond donors (Lipinski definition) is 1. The van der Waals surface area contributed by atoms with Crippen LogP contribution in [0.5, 0.6) is 0 Å². The quantitative estimate of drug-likeness (QED) is 0.752. The highest BCUT2D eigenvalue weighted by atomic mass is 35.5. The number of nitrogens with one attached hydrogen (secondary N) is 1. The lowest BCUT2D eigenvalue weighted by Gasteiger charge is -2.12. The molecule has 0 amide bonds. The van der Waals surface area contributed by atoms with Crippen LogP contribution in [0.25, 0.3) is 22.4 Å². The van der Waals surface area contributed by atoms with Crippen molar-refractivity contribution in [1.82, 2.24) is 15.2 Å². The van der Waals surface area contributed by atoms with Crippen molar-refractivity contribution in [1.29, 1.82) is 0 Å². The Morgan fingerprint density at radius 2 is 1.83 bits per heavy atom. The Balaban J connectivity index is 2.34. The average Bonchev–Trinajstić information content (AvgIpc) is 2.51. The summed E-state index contributed by atoms with van der Waals surface area (Å²) in [6.45, 7) is 1.74. The van der Waals surface area contributed by atoms with Gasteiger partial charge in [0.1, 0.15) is 5.82 Å². The van der Waals surface area contributed by atoms with E-state index in [0.29, 0.717) is 27.5 Å². The van der Waals surface area contributed by atoms with E-state index in [1.165, 1.54) is 24.4 Å². The Kier molecular flexibility index (Phi) is 4.15. The van der Waals surface area contributed by atoms with Gasteiger partial charge in [-0.3, -0.25) is 9.78 Å². The predicted octanol–water partition coefficient (Wildman–Crippen LogP) is 4.25. The van der Waals surface area contributed by atoms with Gasteiger partial charge in [-0.05, 0) is 30.7 Å². The Morgan fingerprint density at radius 3 is 2.48 bits per heavy atom. The molecule has 3 aromatic rings. The van der Waals surface area contributed by atoms with E-state index >= 15 is 0 Å². The van der Waals surface area contributed by atoms with Crippen LogP contribution in [0.1, 0.15) is 5.69 Å². The van der Waals surface area contributed by atoms with E-state index in [1.807, 2.05) is 0 Å². The monoisotopic (exact) mass is 349 g/mol. The number of benzene rings is 1. The predicted molar refractivity (Wildman–Crippen MR) is 88.2 cm³/mol. The van der Waals surface area contributed by atoms with Gasteiger partial charge in [-0.1, -0.05) is 35.3 Å². The normalized spacial score (nSPS) is 10.8. The van der Waals surface area contributed by atoms with E-state index in [1.54, 1.807) is 19.1 Å². The zero-order valence-corrected chi connectivity index (χ0v) is 13.4. The van der Waals surface area contributed by atoms with Gasteiger partial charge in [0, 0.05) is 11.8 Å². The first-order valence-corrected chi connectivity index (χ1v) is 7.39. The number of H-pyrrole nitrogens is 1. The number of nitrogens with zero attached hydrogens (tertiary/aromatic N) is 2. The summed E-state index contributed by atoms with van der Waals surface area (Å²) in [6.07, 6.45) is 1.41. The topological polar surface area (TPSA) is 58.6 Å². The van der Waals surface area contributed by atoms with Crippen molar-refractivity contribution in [2.75, 3.05) is 0 Å². The van der Waals surface area contributed by atoms with Gasteiger partial charge in [-0.15, -0.1) is 0 Å². The van der Waals surface area contributed by atoms with Crippen molar-refractivity contribution < 1.29 is 4.39 Å². The van der Waals surface area contributed by atoms with Crippen molar-refractivity contribution in [3.63, 3.8) is 0 Å². The van der Waals surface area contributed by atoms with Gasteiger partial charge >= 0.3 is 0 Å². The van der Waals surface area contributed by atoms with Crippen LogP contribution in [-0.2, 0) is 0 Å². The van der Waals surface area contributed by atoms with Crippen molar-refractivity contribution in [2.24, 2.45) is 0 Å². The molecule has 0 spiro atoms. The van der Waals surface area contributed by atoms with E-state index < -0.39 is 5.56 Å². The van der Waals surface area contributed by atoms with E-state index in [2.05, 4.69) is 15.2 Å². The summed E-state index contributed by atoms with van der Waals surface area (Å²) in [5.74, 6) is -0.367. The van der Waals surface area contributed by atoms with Gasteiger partial charge in [-0.25, -0.2) is 9.49 Å². The summed E-state index contributed by atoms with van der Waals surface area (Å²) in [5, 5.41) is 7.01. The third-order valence-corrected chi connectivity index (χ3v) is 3.84. The summed E-state index contributed by atoms with van der Waals surface area (Å²) in [4.78, 5) is 16.5. The molecule has 116 valence electrons. The number of hydrogen-bond acceptors (Lipinski definition) is 3. The lowest BCUT2D eigenvalue weighted by Crippen LogP contribution is -2.15. The Bertz CT molecular complexity index is 939. The summed E-state index contributed by atoms with van der Waals surface area (Å²) in [7, 11) is 0. The molecule has 7 heteroatoms. The van der Waals surface area contributed by atoms with E-state index in [9.17, 15) is 9.18 Å². The van der Waals surface area contributed by atoms with Crippen molar-refractivity contribution in [3.05, 3.63) is 68.4 Å². The maximum atomic E-state index is 13.2. The highest BCUT2D eigenvalue weighted by molar-refractivity contribution is 6.36. The highest BCUT2D eigenvalue weighted by Crippen LogP contribution is 2.34. The first kappa shape index (κ1) is 15.6. The molecular weight excluding hydrogens is 340 g/mol. The van der Waals surface area contributed by atoms with Crippen LogP contribution in [0, 0.1) is 12.7 Å². The molecule has 0 saturated heterocycles. The molecule has 2 aromatic heterocycles. The standard InChI is InChI=1S/C16H10Cl2FN3O/c1-8-13(9-2-4-11(19)5-3-9)14(16(23)22-21-8)15-12(18)6-10(17)7-20-15/h2-7H,1H3,(H,22,23). The minimum Gasteiger partial charge on any atom is -0.267 e. The first-order valence-electron chi connectivity index (χ1n) is 6.64. The van der Waals surface area contributed by atoms with Crippen LogP contribution >= 0.6 is 23.2 Å². The minimum absolute atomic E-state index is 0.247. The molecule has 23 heavy (non-hydrogen) atoms. The maximum absolute atomic E-state index is 13.2. The molecule has 0 saturated carbocycles. The minimum atomic E-state index is -0.438. The van der Waals surface area contributed by atoms with Crippen LogP contribution in [0.15, 0.2) is 41.3 Å². The fourth-order valence-electron chi connectivity index (χ4n) is 2.34. The van der Waals surface area contributed by atoms with Crippen molar-refractivity contribution in [2.45, 2.75) is 6.92 Å². The first-order chi connectivity index (χ1) is 11.0. The molecule has 3 rings (SSSR count). The third kappa shape index (κ3) is 2.98. The Morgan fingerprint density at radius 1 is 1.13 bits per heavy atom. The molecule has 0 aliphatic rings. The van der Waals surface area contributed by atoms with Crippen molar-refractivity contribution in [3.8, 4) is 22.4 Å². The largest absolute Gasteiger partial charge is 0.274 e. The lowest BCUT2D eigenvalue weighted by molar-refractivity contribution is 0.628. The number of pyridine rings is 1. The van der Waals surface area contributed by atoms with E-state index in [0.717, 1.165) is 0 Å². The summed E-state index contributed by atoms with van der Waals surface area (Å²) in [6, 6.07) is 7.29. The van der Waals surface area contributed by atoms with Gasteiger partial charge in [0.15, 0.2) is 0 Å². The highest BCUT2D eigenvalue weighted by Gasteiger charge is 2.19. The number of rotatable bonds is 2. The van der Waals surface area contributed by atoms with Gasteiger partial charge in [0.25, 0.3) is 5.56 Å². The molecule has 4 nitrogen and oxygen atoms in total. The Hall–Kier alpha value is -2.24. The molecule has 0 radical (unpaired) electrons. The van der Waals surface area contributed by atoms with E-state index in [4.69, 9.17) is 23.2 Å². The molecule has 1 N–H and O–H groups in total. The van der Waals surface area contributed by atoms with Gasteiger partial charge in [0.05, 0.1) is 27.0 Å². The second-order valence-electron chi connectivity index (χ2n) is 4.88. The number of aromatic amines is 1. The second-order valence-corrected chi connectivity index (χ2v) is 5.72. The number of aromatic nitrogens is 3. The zero-order valence-electron chi connectivity index (χ0n) is 11.9. The van der Waals surface area contributed by atoms with Crippen molar-refractivity contribution >= 4 is 23.2 Å². The van der Waals surface area contributed by atoms with E-state index in [-0.39, 0.29) is 16.4 Å². The molecule has 0 aliphatic carbocycles. The molecule has 0 aliphatic heterocycles. The van der Waals surface area contributed by atoms with Gasteiger partial charge < -0.3 is 0 Å². The number of aryl methyl sites for hydroxylation is 1. The van der Waals surface area contributed by atoms with Crippen LogP contribution in [0.4, 0.5) is 4.39 Å². The van der Waals surface area contributed by atoms with Crippen LogP contribution in [0.3, 0.4) is 0 Å². The van der Waals surface area contributed by atoms with Crippen LogP contribution in [-0.4, -0.2) is 15.2 Å². The average molecular weight is 350 g/mol. The maximum Gasteiger partial charge on any atom is 0.274 e. The number of halogens is 3. The second kappa shape index (κ2) is 6.10. The van der Waals surface area contributed by atoms with Crippen LogP contribution in [0.2, 0.25) is 10.0 Å². The zero-order chi connectivity index (χ0) is 16.6. The molecule has 1 aromatic carbocycles. The summed E-state index contributed by atoms with van der Waals surface area (Å²) in [5.41, 5.74) is 1.88. The molecule has 0 bridgehead atoms. The third-order valence-electron chi connectivity index (χ3n) is 3.34. The summed E-state index contributed by atoms with van der Waals surface area (Å²) >= 11 is 12.1. The molecule has 2 heterocycles. The van der Waals surface area contributed by atoms with Crippen LogP contribution < -0.4 is 5.56 Å². The summed E-state index contributed by atoms with van der Waals surface area (Å²) < 4.78 is 13.2. The smallest absolute Gasteiger partial charge is 0.267 e.